The number of benzene rings is 1. The Labute approximate surface area is 129 Å². The molecule has 9 nitrogen and oxygen atoms in total. The van der Waals surface area contributed by atoms with Gasteiger partial charge in [-0.3, -0.25) is 14.2 Å². The minimum atomic E-state index is -2.14. The Balaban J connectivity index is 2.22. The average molecular weight is 321 g/mol. The number of carbonyl (C=O) groups excluding carboxylic acids is 1. The summed E-state index contributed by atoms with van der Waals surface area (Å²) in [6, 6.07) is 6.35. The van der Waals surface area contributed by atoms with Gasteiger partial charge in [-0.15, -0.1) is 0 Å². The van der Waals surface area contributed by atoms with E-state index in [0.717, 1.165) is 6.92 Å². The first kappa shape index (κ1) is 16.4. The summed E-state index contributed by atoms with van der Waals surface area (Å²) in [5.41, 5.74) is -3.18. The van der Waals surface area contributed by atoms with Gasteiger partial charge in [-0.25, -0.2) is 9.59 Å². The Morgan fingerprint density at radius 2 is 1.96 bits per heavy atom. The number of carboxylic acids is 1. The highest BCUT2D eigenvalue weighted by Crippen LogP contribution is 2.03. The van der Waals surface area contributed by atoms with Gasteiger partial charge in [0, 0.05) is 0 Å². The maximum absolute atomic E-state index is 12.2. The minimum Gasteiger partial charge on any atom is -0.479 e. The number of carboxylic acid groups (broad SMARTS) is 1. The topological polar surface area (TPSA) is 141 Å². The van der Waals surface area contributed by atoms with Gasteiger partial charge in [0.1, 0.15) is 6.54 Å². The number of hydrogen-bond acceptors (Lipinski definition) is 5. The smallest absolute Gasteiger partial charge is 0.337 e. The third kappa shape index (κ3) is 3.46. The van der Waals surface area contributed by atoms with E-state index in [-0.39, 0.29) is 5.39 Å². The second-order valence-electron chi connectivity index (χ2n) is 5.22. The van der Waals surface area contributed by atoms with Crippen LogP contribution in [0.4, 0.5) is 0 Å². The second kappa shape index (κ2) is 6.05. The lowest BCUT2D eigenvalue weighted by Gasteiger charge is -2.18. The third-order valence-electron chi connectivity index (χ3n) is 3.28. The summed E-state index contributed by atoms with van der Waals surface area (Å²) < 4.78 is 0.702. The number of aliphatic carboxylic acids is 1. The van der Waals surface area contributed by atoms with Crippen molar-refractivity contribution in [3.05, 3.63) is 45.1 Å². The van der Waals surface area contributed by atoms with Crippen LogP contribution >= 0.6 is 0 Å². The molecule has 0 fully saturated rings. The molecule has 122 valence electrons. The van der Waals surface area contributed by atoms with Crippen molar-refractivity contribution in [2.45, 2.75) is 19.1 Å². The number of rotatable bonds is 5. The molecule has 0 aliphatic rings. The highest BCUT2D eigenvalue weighted by atomic mass is 16.4. The number of para-hydroxylation sites is 1. The Morgan fingerprint density at radius 3 is 2.61 bits per heavy atom. The van der Waals surface area contributed by atoms with Crippen LogP contribution in [-0.2, 0) is 16.1 Å². The van der Waals surface area contributed by atoms with Gasteiger partial charge < -0.3 is 20.5 Å². The lowest BCUT2D eigenvalue weighted by molar-refractivity contribution is -0.156. The van der Waals surface area contributed by atoms with E-state index in [4.69, 9.17) is 5.11 Å². The molecule has 0 aliphatic heterocycles. The van der Waals surface area contributed by atoms with Crippen LogP contribution in [0.1, 0.15) is 6.92 Å². The molecule has 1 aromatic heterocycles. The maximum Gasteiger partial charge on any atom is 0.337 e. The van der Waals surface area contributed by atoms with Crippen LogP contribution in [0.15, 0.2) is 33.9 Å². The number of nitrogens with zero attached hydrogens (tertiary/aromatic N) is 1. The fourth-order valence-electron chi connectivity index (χ4n) is 1.89. The molecule has 1 heterocycles. The second-order valence-corrected chi connectivity index (χ2v) is 5.22. The first-order valence-electron chi connectivity index (χ1n) is 6.67. The Kier molecular flexibility index (Phi) is 4.32. The molecule has 0 saturated heterocycles. The molecule has 0 radical (unpaired) electrons. The van der Waals surface area contributed by atoms with Crippen LogP contribution in [0, 0.1) is 0 Å². The highest BCUT2D eigenvalue weighted by molar-refractivity contribution is 5.81. The predicted octanol–water partition coefficient (Wildman–Crippen LogP) is -1.36. The standard InChI is InChI=1S/C14H15N3O6/c1-14(23,12(20)21)7-15-10(18)6-17-11(19)8-4-2-3-5-9(8)16-13(17)22/h2-5,23H,6-7H2,1H3,(H,15,18)(H,16,22)(H,20,21). The molecule has 2 aromatic rings. The molecule has 1 atom stereocenters. The Bertz CT molecular complexity index is 880. The Hall–Kier alpha value is -2.94. The van der Waals surface area contributed by atoms with Crippen molar-refractivity contribution in [3.63, 3.8) is 0 Å². The van der Waals surface area contributed by atoms with Crippen molar-refractivity contribution in [3.8, 4) is 0 Å². The van der Waals surface area contributed by atoms with Crippen molar-refractivity contribution in [1.82, 2.24) is 14.9 Å². The summed E-state index contributed by atoms with van der Waals surface area (Å²) in [4.78, 5) is 49.1. The third-order valence-corrected chi connectivity index (χ3v) is 3.28. The number of aromatic amines is 1. The first-order chi connectivity index (χ1) is 10.7. The van der Waals surface area contributed by atoms with Crippen LogP contribution < -0.4 is 16.6 Å². The van der Waals surface area contributed by atoms with Crippen LogP contribution in [0.5, 0.6) is 0 Å². The summed E-state index contributed by atoms with van der Waals surface area (Å²) in [5.74, 6) is -2.27. The predicted molar refractivity (Wildman–Crippen MR) is 80.1 cm³/mol. The summed E-state index contributed by atoms with van der Waals surface area (Å²) in [6.07, 6.45) is 0. The molecule has 1 unspecified atom stereocenters. The van der Waals surface area contributed by atoms with E-state index < -0.39 is 41.8 Å². The molecule has 9 heteroatoms. The van der Waals surface area contributed by atoms with E-state index in [9.17, 15) is 24.3 Å². The lowest BCUT2D eigenvalue weighted by Crippen LogP contribution is -2.48. The SMILES string of the molecule is CC(O)(CNC(=O)Cn1c(=O)[nH]c2ccccc2c1=O)C(=O)O. The summed E-state index contributed by atoms with van der Waals surface area (Å²) in [5, 5.41) is 20.7. The largest absolute Gasteiger partial charge is 0.479 e. The zero-order chi connectivity index (χ0) is 17.2. The number of hydrogen-bond donors (Lipinski definition) is 4. The number of aliphatic hydroxyl groups is 1. The summed E-state index contributed by atoms with van der Waals surface area (Å²) in [6.45, 7) is -0.124. The summed E-state index contributed by atoms with van der Waals surface area (Å²) >= 11 is 0. The van der Waals surface area contributed by atoms with Crippen molar-refractivity contribution < 1.29 is 19.8 Å². The van der Waals surface area contributed by atoms with Gasteiger partial charge in [-0.1, -0.05) is 12.1 Å². The molecule has 23 heavy (non-hydrogen) atoms. The molecular formula is C14H15N3O6. The van der Waals surface area contributed by atoms with E-state index in [0.29, 0.717) is 10.1 Å². The normalized spacial score (nSPS) is 13.5. The van der Waals surface area contributed by atoms with Gasteiger partial charge in [-0.2, -0.15) is 0 Å². The van der Waals surface area contributed by atoms with Gasteiger partial charge in [0.2, 0.25) is 5.91 Å². The molecule has 2 rings (SSSR count). The molecule has 0 bridgehead atoms. The van der Waals surface area contributed by atoms with Crippen LogP contribution in [0.25, 0.3) is 10.9 Å². The molecule has 1 amide bonds. The van der Waals surface area contributed by atoms with Gasteiger partial charge in [-0.05, 0) is 19.1 Å². The number of H-pyrrole nitrogens is 1. The van der Waals surface area contributed by atoms with Gasteiger partial charge in [0.05, 0.1) is 17.4 Å². The van der Waals surface area contributed by atoms with E-state index >= 15 is 0 Å². The van der Waals surface area contributed by atoms with E-state index in [2.05, 4.69) is 10.3 Å². The molecule has 4 N–H and O–H groups in total. The number of amides is 1. The van der Waals surface area contributed by atoms with Crippen molar-refractivity contribution in [1.29, 1.82) is 0 Å². The molecule has 0 spiro atoms. The first-order valence-corrected chi connectivity index (χ1v) is 6.67. The van der Waals surface area contributed by atoms with E-state index in [1.807, 2.05) is 0 Å². The minimum absolute atomic E-state index is 0.248. The fraction of sp³-hybridized carbons (Fsp3) is 0.286. The zero-order valence-electron chi connectivity index (χ0n) is 12.2. The number of fused-ring (bicyclic) bond motifs is 1. The molecule has 0 aliphatic carbocycles. The van der Waals surface area contributed by atoms with Gasteiger partial charge in [0.15, 0.2) is 5.60 Å². The Morgan fingerprint density at radius 1 is 1.30 bits per heavy atom. The van der Waals surface area contributed by atoms with Crippen molar-refractivity contribution in [2.75, 3.05) is 6.54 Å². The van der Waals surface area contributed by atoms with Gasteiger partial charge >= 0.3 is 11.7 Å². The molecule has 0 saturated carbocycles. The van der Waals surface area contributed by atoms with Crippen LogP contribution in [0.3, 0.4) is 0 Å². The van der Waals surface area contributed by atoms with E-state index in [1.54, 1.807) is 18.2 Å². The average Bonchev–Trinajstić information content (AvgIpc) is 2.49. The van der Waals surface area contributed by atoms with Crippen molar-refractivity contribution >= 4 is 22.8 Å². The lowest BCUT2D eigenvalue weighted by atomic mass is 10.1. The zero-order valence-corrected chi connectivity index (χ0v) is 12.2. The number of carbonyl (C=O) groups is 2. The van der Waals surface area contributed by atoms with Crippen LogP contribution in [0.2, 0.25) is 0 Å². The van der Waals surface area contributed by atoms with E-state index in [1.165, 1.54) is 6.07 Å². The fourth-order valence-corrected chi connectivity index (χ4v) is 1.89. The quantitative estimate of drug-likeness (QED) is 0.536. The maximum atomic E-state index is 12.2. The van der Waals surface area contributed by atoms with Crippen LogP contribution in [-0.4, -0.2) is 43.8 Å². The molecule has 1 aromatic carbocycles. The number of aromatic nitrogens is 2. The highest BCUT2D eigenvalue weighted by Gasteiger charge is 2.30. The molecular weight excluding hydrogens is 306 g/mol. The number of nitrogens with one attached hydrogen (secondary N) is 2. The summed E-state index contributed by atoms with van der Waals surface area (Å²) in [7, 11) is 0. The van der Waals surface area contributed by atoms with Gasteiger partial charge in [0.25, 0.3) is 5.56 Å². The van der Waals surface area contributed by atoms with Crippen molar-refractivity contribution in [2.24, 2.45) is 0 Å². The monoisotopic (exact) mass is 321 g/mol.